The predicted molar refractivity (Wildman–Crippen MR) is 115 cm³/mol. The van der Waals surface area contributed by atoms with Crippen LogP contribution in [0.5, 0.6) is 5.75 Å². The molecule has 2 heterocycles. The van der Waals surface area contributed by atoms with Gasteiger partial charge in [0, 0.05) is 30.3 Å². The fourth-order valence-electron chi connectivity index (χ4n) is 4.19. The molecule has 2 aliphatic rings. The summed E-state index contributed by atoms with van der Waals surface area (Å²) < 4.78 is 5.25. The molecule has 2 saturated heterocycles. The zero-order chi connectivity index (χ0) is 20.9. The Hall–Kier alpha value is -3.06. The van der Waals surface area contributed by atoms with Crippen molar-refractivity contribution in [2.24, 2.45) is 0 Å². The van der Waals surface area contributed by atoms with Gasteiger partial charge in [0.25, 0.3) is 0 Å². The smallest absolute Gasteiger partial charge is 0.318 e. The Bertz CT molecular complexity index is 881. The minimum absolute atomic E-state index is 0.0191. The van der Waals surface area contributed by atoms with Crippen LogP contribution < -0.4 is 19.9 Å². The molecule has 2 aliphatic heterocycles. The Labute approximate surface area is 177 Å². The van der Waals surface area contributed by atoms with E-state index in [0.717, 1.165) is 38.4 Å². The Morgan fingerprint density at radius 2 is 1.90 bits per heavy atom. The standard InChI is InChI=1S/C23H28N4O3/c1-30-21-9-5-8-20(15-21)27-17-19(14-22(27)28)24-23(29)26-12-10-25(11-13-26)16-18-6-3-2-4-7-18/h2-9,15,19H,10-14,16-17H2,1H3,(H,24,29)/p+1/t19-/m0/s1. The number of nitrogens with zero attached hydrogens (tertiary/aromatic N) is 2. The van der Waals surface area contributed by atoms with Gasteiger partial charge in [0.2, 0.25) is 5.91 Å². The summed E-state index contributed by atoms with van der Waals surface area (Å²) in [5.74, 6) is 0.731. The number of quaternary nitrogens is 1. The molecular weight excluding hydrogens is 380 g/mol. The molecule has 2 fully saturated rings. The maximum atomic E-state index is 12.7. The van der Waals surface area contributed by atoms with Crippen molar-refractivity contribution in [2.45, 2.75) is 19.0 Å². The molecule has 0 radical (unpaired) electrons. The highest BCUT2D eigenvalue weighted by molar-refractivity contribution is 5.97. The molecular formula is C23H29N4O3+. The summed E-state index contributed by atoms with van der Waals surface area (Å²) in [6.45, 7) is 4.80. The molecule has 0 saturated carbocycles. The minimum atomic E-state index is -0.175. The Balaban J connectivity index is 1.27. The zero-order valence-corrected chi connectivity index (χ0v) is 17.3. The number of hydrogen-bond donors (Lipinski definition) is 2. The van der Waals surface area contributed by atoms with Gasteiger partial charge < -0.3 is 24.8 Å². The number of methoxy groups -OCH3 is 1. The number of benzene rings is 2. The lowest BCUT2D eigenvalue weighted by molar-refractivity contribution is -0.917. The second-order valence-electron chi connectivity index (χ2n) is 7.96. The number of ether oxygens (including phenoxy) is 1. The first-order chi connectivity index (χ1) is 14.6. The van der Waals surface area contributed by atoms with Gasteiger partial charge in [-0.3, -0.25) is 4.79 Å². The van der Waals surface area contributed by atoms with Crippen LogP contribution >= 0.6 is 0 Å². The number of anilines is 1. The van der Waals surface area contributed by atoms with Gasteiger partial charge in [0.05, 0.1) is 39.3 Å². The zero-order valence-electron chi connectivity index (χ0n) is 17.3. The third-order valence-electron chi connectivity index (χ3n) is 5.87. The molecule has 0 spiro atoms. The molecule has 2 N–H and O–H groups in total. The quantitative estimate of drug-likeness (QED) is 0.772. The number of amides is 3. The molecule has 0 unspecified atom stereocenters. The van der Waals surface area contributed by atoms with Crippen LogP contribution in [-0.2, 0) is 11.3 Å². The van der Waals surface area contributed by atoms with Crippen molar-refractivity contribution < 1.29 is 19.2 Å². The molecule has 4 rings (SSSR count). The van der Waals surface area contributed by atoms with E-state index in [1.165, 1.54) is 10.5 Å². The molecule has 30 heavy (non-hydrogen) atoms. The largest absolute Gasteiger partial charge is 0.497 e. The van der Waals surface area contributed by atoms with E-state index in [9.17, 15) is 9.59 Å². The summed E-state index contributed by atoms with van der Waals surface area (Å²) in [5, 5.41) is 3.06. The van der Waals surface area contributed by atoms with Gasteiger partial charge in [-0.2, -0.15) is 0 Å². The second-order valence-corrected chi connectivity index (χ2v) is 7.96. The van der Waals surface area contributed by atoms with Crippen molar-refractivity contribution in [1.29, 1.82) is 0 Å². The number of carbonyl (C=O) groups excluding carboxylic acids is 2. The topological polar surface area (TPSA) is 66.3 Å². The van der Waals surface area contributed by atoms with Crippen LogP contribution in [0.2, 0.25) is 0 Å². The van der Waals surface area contributed by atoms with E-state index in [1.807, 2.05) is 35.2 Å². The highest BCUT2D eigenvalue weighted by Gasteiger charge is 2.33. The van der Waals surface area contributed by atoms with Crippen molar-refractivity contribution in [3.63, 3.8) is 0 Å². The van der Waals surface area contributed by atoms with Crippen molar-refractivity contribution >= 4 is 17.6 Å². The summed E-state index contributed by atoms with van der Waals surface area (Å²) in [6.07, 6.45) is 0.322. The van der Waals surface area contributed by atoms with Crippen molar-refractivity contribution in [1.82, 2.24) is 10.2 Å². The lowest BCUT2D eigenvalue weighted by Crippen LogP contribution is -3.13. The van der Waals surface area contributed by atoms with Crippen LogP contribution in [0.15, 0.2) is 54.6 Å². The summed E-state index contributed by atoms with van der Waals surface area (Å²) in [5.41, 5.74) is 2.13. The molecule has 7 heteroatoms. The van der Waals surface area contributed by atoms with E-state index in [0.29, 0.717) is 18.7 Å². The fourth-order valence-corrected chi connectivity index (χ4v) is 4.19. The number of hydrogen-bond acceptors (Lipinski definition) is 3. The van der Waals surface area contributed by atoms with Gasteiger partial charge >= 0.3 is 6.03 Å². The van der Waals surface area contributed by atoms with Crippen LogP contribution in [0, 0.1) is 0 Å². The highest BCUT2D eigenvalue weighted by atomic mass is 16.5. The first-order valence-electron chi connectivity index (χ1n) is 10.5. The molecule has 7 nitrogen and oxygen atoms in total. The normalized spacial score (nSPS) is 19.8. The molecule has 2 aromatic rings. The summed E-state index contributed by atoms with van der Waals surface area (Å²) in [6, 6.07) is 17.7. The monoisotopic (exact) mass is 409 g/mol. The maximum Gasteiger partial charge on any atom is 0.318 e. The molecule has 0 bridgehead atoms. The Morgan fingerprint density at radius 1 is 1.13 bits per heavy atom. The molecule has 0 aromatic heterocycles. The third-order valence-corrected chi connectivity index (χ3v) is 5.87. The maximum absolute atomic E-state index is 12.7. The first kappa shape index (κ1) is 20.2. The SMILES string of the molecule is COc1cccc(N2C[C@@H](NC(=O)N3CC[NH+](Cc4ccccc4)CC3)CC2=O)c1. The van der Waals surface area contributed by atoms with Crippen LogP contribution in [-0.4, -0.2) is 62.7 Å². The fraction of sp³-hybridized carbons (Fsp3) is 0.391. The van der Waals surface area contributed by atoms with Gasteiger partial charge in [-0.15, -0.1) is 0 Å². The molecule has 0 aliphatic carbocycles. The Kier molecular flexibility index (Phi) is 6.18. The average Bonchev–Trinajstić information content (AvgIpc) is 3.15. The highest BCUT2D eigenvalue weighted by Crippen LogP contribution is 2.25. The van der Waals surface area contributed by atoms with Crippen LogP contribution in [0.3, 0.4) is 0 Å². The molecule has 158 valence electrons. The van der Waals surface area contributed by atoms with Crippen molar-refractivity contribution in [2.75, 3.05) is 44.7 Å². The summed E-state index contributed by atoms with van der Waals surface area (Å²) in [7, 11) is 1.61. The van der Waals surface area contributed by atoms with Gasteiger partial charge in [-0.05, 0) is 12.1 Å². The number of nitrogens with one attached hydrogen (secondary N) is 2. The van der Waals surface area contributed by atoms with E-state index in [2.05, 4.69) is 29.6 Å². The Morgan fingerprint density at radius 3 is 2.63 bits per heavy atom. The van der Waals surface area contributed by atoms with Crippen molar-refractivity contribution in [3.8, 4) is 5.75 Å². The van der Waals surface area contributed by atoms with E-state index in [-0.39, 0.29) is 18.0 Å². The van der Waals surface area contributed by atoms with Crippen molar-refractivity contribution in [3.05, 3.63) is 60.2 Å². The van der Waals surface area contributed by atoms with Gasteiger partial charge in [0.15, 0.2) is 0 Å². The number of carbonyl (C=O) groups is 2. The van der Waals surface area contributed by atoms with Crippen LogP contribution in [0.4, 0.5) is 10.5 Å². The average molecular weight is 410 g/mol. The van der Waals surface area contributed by atoms with E-state index < -0.39 is 0 Å². The van der Waals surface area contributed by atoms with Gasteiger partial charge in [-0.1, -0.05) is 36.4 Å². The molecule has 1 atom stereocenters. The van der Waals surface area contributed by atoms with Gasteiger partial charge in [0.1, 0.15) is 12.3 Å². The van der Waals surface area contributed by atoms with E-state index >= 15 is 0 Å². The number of rotatable bonds is 5. The lowest BCUT2D eigenvalue weighted by atomic mass is 10.2. The van der Waals surface area contributed by atoms with Gasteiger partial charge in [-0.25, -0.2) is 4.79 Å². The van der Waals surface area contributed by atoms with E-state index in [1.54, 1.807) is 12.0 Å². The predicted octanol–water partition coefficient (Wildman–Crippen LogP) is 0.911. The molecule has 2 aromatic carbocycles. The second kappa shape index (κ2) is 9.17. The number of urea groups is 1. The van der Waals surface area contributed by atoms with Crippen LogP contribution in [0.25, 0.3) is 0 Å². The third kappa shape index (κ3) is 4.74. The summed E-state index contributed by atoms with van der Waals surface area (Å²) >= 11 is 0. The summed E-state index contributed by atoms with van der Waals surface area (Å²) in [4.78, 5) is 30.3. The molecule has 3 amide bonds. The first-order valence-corrected chi connectivity index (χ1v) is 10.5. The van der Waals surface area contributed by atoms with E-state index in [4.69, 9.17) is 4.74 Å². The number of piperazine rings is 1. The minimum Gasteiger partial charge on any atom is -0.497 e. The van der Waals surface area contributed by atoms with Crippen LogP contribution in [0.1, 0.15) is 12.0 Å². The lowest BCUT2D eigenvalue weighted by Gasteiger charge is -2.33.